The number of urea groups is 1. The number of alkyl carbamates (subject to hydrolysis) is 1. The zero-order chi connectivity index (χ0) is 23.0. The van der Waals surface area contributed by atoms with E-state index >= 15 is 0 Å². The van der Waals surface area contributed by atoms with Crippen LogP contribution < -0.4 is 21.3 Å². The van der Waals surface area contributed by atoms with Gasteiger partial charge in [0, 0.05) is 11.4 Å². The summed E-state index contributed by atoms with van der Waals surface area (Å²) in [7, 11) is 0. The number of hydrogen-bond donors (Lipinski definition) is 4. The SMILES string of the molecule is CC(NC(=O)[C@@H](C)NC(=O)OC(C)(C)C)c1ccc(NC(=O)Nc2ccccc2)cc1. The Morgan fingerprint density at radius 1 is 0.806 bits per heavy atom. The monoisotopic (exact) mass is 426 g/mol. The summed E-state index contributed by atoms with van der Waals surface area (Å²) in [5, 5.41) is 10.9. The van der Waals surface area contributed by atoms with Crippen LogP contribution >= 0.6 is 0 Å². The summed E-state index contributed by atoms with van der Waals surface area (Å²) in [4.78, 5) is 36.3. The summed E-state index contributed by atoms with van der Waals surface area (Å²) in [6, 6.07) is 14.9. The minimum absolute atomic E-state index is 0.289. The van der Waals surface area contributed by atoms with Gasteiger partial charge in [-0.2, -0.15) is 0 Å². The first kappa shape index (κ1) is 23.7. The molecule has 2 aromatic rings. The molecule has 1 unspecified atom stereocenters. The van der Waals surface area contributed by atoms with Crippen LogP contribution in [0.3, 0.4) is 0 Å². The van der Waals surface area contributed by atoms with Gasteiger partial charge >= 0.3 is 12.1 Å². The molecular weight excluding hydrogens is 396 g/mol. The number of nitrogens with one attached hydrogen (secondary N) is 4. The maximum atomic E-state index is 12.4. The second-order valence-corrected chi connectivity index (χ2v) is 8.17. The smallest absolute Gasteiger partial charge is 0.408 e. The Hall–Kier alpha value is -3.55. The Labute approximate surface area is 182 Å². The molecule has 0 aliphatic heterocycles. The van der Waals surface area contributed by atoms with Crippen LogP contribution in [0.25, 0.3) is 0 Å². The van der Waals surface area contributed by atoms with Gasteiger partial charge in [-0.05, 0) is 64.4 Å². The molecule has 0 fully saturated rings. The average Bonchev–Trinajstić information content (AvgIpc) is 2.67. The van der Waals surface area contributed by atoms with Crippen molar-refractivity contribution in [1.82, 2.24) is 10.6 Å². The number of carbonyl (C=O) groups excluding carboxylic acids is 3. The van der Waals surface area contributed by atoms with Gasteiger partial charge in [0.25, 0.3) is 0 Å². The minimum Gasteiger partial charge on any atom is -0.444 e. The van der Waals surface area contributed by atoms with Crippen LogP contribution in [0.2, 0.25) is 0 Å². The molecule has 0 bridgehead atoms. The molecule has 0 saturated heterocycles. The average molecular weight is 427 g/mol. The fraction of sp³-hybridized carbons (Fsp3) is 0.348. The van der Waals surface area contributed by atoms with Crippen LogP contribution in [0.15, 0.2) is 54.6 Å². The molecule has 2 atom stereocenters. The Morgan fingerprint density at radius 3 is 1.90 bits per heavy atom. The molecule has 0 saturated carbocycles. The van der Waals surface area contributed by atoms with Crippen LogP contribution in [-0.4, -0.2) is 29.7 Å². The zero-order valence-electron chi connectivity index (χ0n) is 18.5. The second kappa shape index (κ2) is 10.5. The summed E-state index contributed by atoms with van der Waals surface area (Å²) in [6.45, 7) is 8.68. The topological polar surface area (TPSA) is 109 Å². The predicted molar refractivity (Wildman–Crippen MR) is 121 cm³/mol. The lowest BCUT2D eigenvalue weighted by atomic mass is 10.1. The van der Waals surface area contributed by atoms with Crippen LogP contribution in [0.1, 0.15) is 46.2 Å². The molecule has 0 radical (unpaired) electrons. The molecule has 166 valence electrons. The standard InChI is InChI=1S/C23H30N4O4/c1-15(24-20(28)16(2)25-22(30)31-23(3,4)5)17-11-13-19(14-12-17)27-21(29)26-18-9-7-6-8-10-18/h6-16H,1-5H3,(H,24,28)(H,25,30)(H2,26,27,29)/t15?,16-/m1/s1. The van der Waals surface area contributed by atoms with Gasteiger partial charge in [-0.25, -0.2) is 9.59 Å². The molecule has 0 aromatic heterocycles. The Balaban J connectivity index is 1.85. The Morgan fingerprint density at radius 2 is 1.35 bits per heavy atom. The molecule has 4 N–H and O–H groups in total. The third-order valence-corrected chi connectivity index (χ3v) is 4.19. The third kappa shape index (κ3) is 8.38. The molecule has 8 heteroatoms. The maximum absolute atomic E-state index is 12.4. The van der Waals surface area contributed by atoms with Gasteiger partial charge in [0.1, 0.15) is 11.6 Å². The van der Waals surface area contributed by atoms with E-state index in [1.807, 2.05) is 37.3 Å². The van der Waals surface area contributed by atoms with Crippen molar-refractivity contribution in [2.45, 2.75) is 52.3 Å². The van der Waals surface area contributed by atoms with E-state index < -0.39 is 17.7 Å². The van der Waals surface area contributed by atoms with E-state index in [0.717, 1.165) is 5.56 Å². The molecule has 4 amide bonds. The molecular formula is C23H30N4O4. The minimum atomic E-state index is -0.750. The number of ether oxygens (including phenoxy) is 1. The molecule has 0 heterocycles. The molecule has 8 nitrogen and oxygen atoms in total. The highest BCUT2D eigenvalue weighted by atomic mass is 16.6. The van der Waals surface area contributed by atoms with Gasteiger partial charge in [-0.1, -0.05) is 30.3 Å². The molecule has 2 aromatic carbocycles. The zero-order valence-corrected chi connectivity index (χ0v) is 18.5. The number of anilines is 2. The number of carbonyl (C=O) groups is 3. The van der Waals surface area contributed by atoms with Crippen molar-refractivity contribution >= 4 is 29.4 Å². The molecule has 31 heavy (non-hydrogen) atoms. The summed E-state index contributed by atoms with van der Waals surface area (Å²) < 4.78 is 5.16. The van der Waals surface area contributed by atoms with Crippen molar-refractivity contribution in [3.8, 4) is 0 Å². The highest BCUT2D eigenvalue weighted by Gasteiger charge is 2.22. The van der Waals surface area contributed by atoms with Gasteiger partial charge in [0.2, 0.25) is 5.91 Å². The quantitative estimate of drug-likeness (QED) is 0.548. The van der Waals surface area contributed by atoms with Gasteiger partial charge < -0.3 is 26.0 Å². The first-order valence-corrected chi connectivity index (χ1v) is 10.1. The van der Waals surface area contributed by atoms with Crippen LogP contribution in [0.5, 0.6) is 0 Å². The van der Waals surface area contributed by atoms with E-state index in [9.17, 15) is 14.4 Å². The first-order valence-electron chi connectivity index (χ1n) is 10.1. The molecule has 0 aliphatic rings. The maximum Gasteiger partial charge on any atom is 0.408 e. The van der Waals surface area contributed by atoms with Gasteiger partial charge in [0.05, 0.1) is 6.04 Å². The van der Waals surface area contributed by atoms with Crippen molar-refractivity contribution in [2.75, 3.05) is 10.6 Å². The lowest BCUT2D eigenvalue weighted by Gasteiger charge is -2.23. The molecule has 2 rings (SSSR count). The number of rotatable bonds is 6. The van der Waals surface area contributed by atoms with Crippen LogP contribution in [0.4, 0.5) is 21.0 Å². The van der Waals surface area contributed by atoms with Crippen LogP contribution in [0, 0.1) is 0 Å². The summed E-state index contributed by atoms with van der Waals surface area (Å²) in [5.74, 6) is -0.331. The fourth-order valence-electron chi connectivity index (χ4n) is 2.64. The van der Waals surface area contributed by atoms with E-state index in [4.69, 9.17) is 4.74 Å². The lowest BCUT2D eigenvalue weighted by Crippen LogP contribution is -2.47. The summed E-state index contributed by atoms with van der Waals surface area (Å²) in [5.41, 5.74) is 1.53. The fourth-order valence-corrected chi connectivity index (χ4v) is 2.64. The van der Waals surface area contributed by atoms with E-state index in [0.29, 0.717) is 11.4 Å². The molecule has 0 spiro atoms. The number of benzene rings is 2. The van der Waals surface area contributed by atoms with Crippen molar-refractivity contribution in [2.24, 2.45) is 0 Å². The third-order valence-electron chi connectivity index (χ3n) is 4.19. The van der Waals surface area contributed by atoms with E-state index in [1.165, 1.54) is 0 Å². The summed E-state index contributed by atoms with van der Waals surface area (Å²) in [6.07, 6.45) is -0.646. The number of para-hydroxylation sites is 1. The van der Waals surface area contributed by atoms with Gasteiger partial charge in [-0.3, -0.25) is 4.79 Å². The van der Waals surface area contributed by atoms with Crippen molar-refractivity contribution in [3.05, 3.63) is 60.2 Å². The van der Waals surface area contributed by atoms with Crippen molar-refractivity contribution in [3.63, 3.8) is 0 Å². The number of hydrogen-bond acceptors (Lipinski definition) is 4. The largest absolute Gasteiger partial charge is 0.444 e. The van der Waals surface area contributed by atoms with E-state index in [2.05, 4.69) is 21.3 Å². The lowest BCUT2D eigenvalue weighted by molar-refractivity contribution is -0.123. The van der Waals surface area contributed by atoms with Crippen LogP contribution in [-0.2, 0) is 9.53 Å². The molecule has 0 aliphatic carbocycles. The number of amides is 4. The Kier molecular flexibility index (Phi) is 8.01. The van der Waals surface area contributed by atoms with Crippen molar-refractivity contribution in [1.29, 1.82) is 0 Å². The van der Waals surface area contributed by atoms with Gasteiger partial charge in [-0.15, -0.1) is 0 Å². The summed E-state index contributed by atoms with van der Waals surface area (Å²) >= 11 is 0. The predicted octanol–water partition coefficient (Wildman–Crippen LogP) is 4.42. The first-order chi connectivity index (χ1) is 14.5. The normalized spacial score (nSPS) is 12.8. The second-order valence-electron chi connectivity index (χ2n) is 8.17. The Bertz CT molecular complexity index is 892. The van der Waals surface area contributed by atoms with E-state index in [-0.39, 0.29) is 18.0 Å². The van der Waals surface area contributed by atoms with Crippen molar-refractivity contribution < 1.29 is 19.1 Å². The highest BCUT2D eigenvalue weighted by Crippen LogP contribution is 2.17. The van der Waals surface area contributed by atoms with Gasteiger partial charge in [0.15, 0.2) is 0 Å². The van der Waals surface area contributed by atoms with E-state index in [1.54, 1.807) is 52.0 Å². The highest BCUT2D eigenvalue weighted by molar-refractivity contribution is 5.99.